The molecule has 0 spiro atoms. The van der Waals surface area contributed by atoms with Gasteiger partial charge in [0.15, 0.2) is 0 Å². The van der Waals surface area contributed by atoms with Crippen LogP contribution < -0.4 is 15.5 Å². The molecular weight excluding hydrogens is 373 g/mol. The van der Waals surface area contributed by atoms with Gasteiger partial charge in [-0.05, 0) is 30.3 Å². The lowest BCUT2D eigenvalue weighted by Crippen LogP contribution is -2.36. The third kappa shape index (κ3) is 5.27. The molecule has 1 amide bonds. The Kier molecular flexibility index (Phi) is 6.61. The van der Waals surface area contributed by atoms with Crippen LogP contribution >= 0.6 is 23.2 Å². The number of hydrogen-bond donors (Lipinski definition) is 2. The summed E-state index contributed by atoms with van der Waals surface area (Å²) < 4.78 is 5.40. The number of amides is 1. The predicted octanol–water partition coefficient (Wildman–Crippen LogP) is 4.27. The molecule has 1 fully saturated rings. The number of ether oxygens (including phenoxy) is 1. The van der Waals surface area contributed by atoms with Gasteiger partial charge in [-0.25, -0.2) is 0 Å². The number of hydrogen-bond acceptors (Lipinski definition) is 4. The van der Waals surface area contributed by atoms with Crippen molar-refractivity contribution in [1.29, 1.82) is 0 Å². The third-order valence-electron chi connectivity index (χ3n) is 4.07. The second kappa shape index (κ2) is 9.12. The largest absolute Gasteiger partial charge is 0.384 e. The number of morpholine rings is 1. The first-order valence-corrected chi connectivity index (χ1v) is 9.29. The van der Waals surface area contributed by atoms with Crippen LogP contribution in [0.1, 0.15) is 6.42 Å². The lowest BCUT2D eigenvalue weighted by atomic mass is 10.2. The summed E-state index contributed by atoms with van der Waals surface area (Å²) in [5.74, 6) is -0.0497. The Hall–Kier alpha value is -1.95. The van der Waals surface area contributed by atoms with Crippen LogP contribution in [-0.4, -0.2) is 38.8 Å². The smallest absolute Gasteiger partial charge is 0.226 e. The highest BCUT2D eigenvalue weighted by Gasteiger charge is 2.15. The summed E-state index contributed by atoms with van der Waals surface area (Å²) in [6.07, 6.45) is 0.335. The minimum absolute atomic E-state index is 0.0497. The van der Waals surface area contributed by atoms with Gasteiger partial charge in [-0.2, -0.15) is 0 Å². The van der Waals surface area contributed by atoms with Gasteiger partial charge in [-0.3, -0.25) is 4.79 Å². The summed E-state index contributed by atoms with van der Waals surface area (Å²) in [6.45, 7) is 3.54. The standard InChI is InChI=1S/C19H21Cl2N3O2/c20-14-11-15(21)13-16(12-14)22-6-5-19(25)23-17-3-1-2-4-18(17)24-7-9-26-10-8-24/h1-4,11-13,22H,5-10H2,(H,23,25). The topological polar surface area (TPSA) is 53.6 Å². The van der Waals surface area contributed by atoms with Crippen LogP contribution in [-0.2, 0) is 9.53 Å². The number of halogens is 2. The molecule has 0 bridgehead atoms. The van der Waals surface area contributed by atoms with Gasteiger partial charge >= 0.3 is 0 Å². The second-order valence-electron chi connectivity index (χ2n) is 6.00. The van der Waals surface area contributed by atoms with Crippen molar-refractivity contribution in [3.05, 3.63) is 52.5 Å². The van der Waals surface area contributed by atoms with E-state index in [1.165, 1.54) is 0 Å². The summed E-state index contributed by atoms with van der Waals surface area (Å²) in [6, 6.07) is 13.1. The first-order valence-electron chi connectivity index (χ1n) is 8.53. The Balaban J connectivity index is 1.55. The first kappa shape index (κ1) is 18.8. The van der Waals surface area contributed by atoms with Crippen molar-refractivity contribution in [3.63, 3.8) is 0 Å². The Morgan fingerprint density at radius 1 is 1.08 bits per heavy atom. The maximum Gasteiger partial charge on any atom is 0.226 e. The summed E-state index contributed by atoms with van der Waals surface area (Å²) in [5, 5.41) is 7.29. The van der Waals surface area contributed by atoms with Crippen LogP contribution in [0, 0.1) is 0 Å². The number of carbonyl (C=O) groups excluding carboxylic acids is 1. The molecule has 1 aliphatic rings. The van der Waals surface area contributed by atoms with Gasteiger partial charge in [0.1, 0.15) is 0 Å². The number of para-hydroxylation sites is 2. The molecule has 1 saturated heterocycles. The van der Waals surface area contributed by atoms with Crippen molar-refractivity contribution < 1.29 is 9.53 Å². The third-order valence-corrected chi connectivity index (χ3v) is 4.51. The quantitative estimate of drug-likeness (QED) is 0.769. The van der Waals surface area contributed by atoms with E-state index < -0.39 is 0 Å². The van der Waals surface area contributed by atoms with Crippen molar-refractivity contribution in [2.24, 2.45) is 0 Å². The van der Waals surface area contributed by atoms with Crippen molar-refractivity contribution >= 4 is 46.2 Å². The van der Waals surface area contributed by atoms with Gasteiger partial charge in [-0.1, -0.05) is 35.3 Å². The second-order valence-corrected chi connectivity index (χ2v) is 6.87. The van der Waals surface area contributed by atoms with Crippen LogP contribution in [0.5, 0.6) is 0 Å². The van der Waals surface area contributed by atoms with Crippen LogP contribution in [0.15, 0.2) is 42.5 Å². The fourth-order valence-corrected chi connectivity index (χ4v) is 3.37. The van der Waals surface area contributed by atoms with Gasteiger partial charge in [0.05, 0.1) is 24.6 Å². The molecule has 2 N–H and O–H groups in total. The van der Waals surface area contributed by atoms with Crippen LogP contribution in [0.2, 0.25) is 10.0 Å². The Labute approximate surface area is 163 Å². The van der Waals surface area contributed by atoms with Gasteiger partial charge in [-0.15, -0.1) is 0 Å². The normalized spacial score (nSPS) is 14.2. The van der Waals surface area contributed by atoms with E-state index in [0.29, 0.717) is 36.2 Å². The number of anilines is 3. The molecule has 5 nitrogen and oxygen atoms in total. The van der Waals surface area contributed by atoms with E-state index >= 15 is 0 Å². The highest BCUT2D eigenvalue weighted by Crippen LogP contribution is 2.26. The van der Waals surface area contributed by atoms with E-state index in [4.69, 9.17) is 27.9 Å². The number of benzene rings is 2. The highest BCUT2D eigenvalue weighted by atomic mass is 35.5. The molecule has 138 valence electrons. The molecule has 0 aliphatic carbocycles. The number of carbonyl (C=O) groups is 1. The Morgan fingerprint density at radius 3 is 2.50 bits per heavy atom. The highest BCUT2D eigenvalue weighted by molar-refractivity contribution is 6.35. The average Bonchev–Trinajstić information content (AvgIpc) is 2.62. The fourth-order valence-electron chi connectivity index (χ4n) is 2.85. The minimum Gasteiger partial charge on any atom is -0.384 e. The van der Waals surface area contributed by atoms with E-state index in [0.717, 1.165) is 30.2 Å². The number of rotatable bonds is 6. The van der Waals surface area contributed by atoms with E-state index in [2.05, 4.69) is 15.5 Å². The lowest BCUT2D eigenvalue weighted by Gasteiger charge is -2.30. The molecule has 0 saturated carbocycles. The monoisotopic (exact) mass is 393 g/mol. The first-order chi connectivity index (χ1) is 12.6. The van der Waals surface area contributed by atoms with Crippen LogP contribution in [0.25, 0.3) is 0 Å². The molecule has 2 aromatic rings. The van der Waals surface area contributed by atoms with Crippen molar-refractivity contribution in [1.82, 2.24) is 0 Å². The molecule has 0 atom stereocenters. The molecule has 26 heavy (non-hydrogen) atoms. The van der Waals surface area contributed by atoms with Crippen molar-refractivity contribution in [3.8, 4) is 0 Å². The summed E-state index contributed by atoms with van der Waals surface area (Å²) in [4.78, 5) is 14.6. The van der Waals surface area contributed by atoms with Crippen molar-refractivity contribution in [2.45, 2.75) is 6.42 Å². The Bertz CT molecular complexity index is 744. The summed E-state index contributed by atoms with van der Waals surface area (Å²) in [5.41, 5.74) is 2.65. The van der Waals surface area contributed by atoms with E-state index in [-0.39, 0.29) is 5.91 Å². The lowest BCUT2D eigenvalue weighted by molar-refractivity contribution is -0.115. The van der Waals surface area contributed by atoms with E-state index in [1.807, 2.05) is 24.3 Å². The Morgan fingerprint density at radius 2 is 1.77 bits per heavy atom. The van der Waals surface area contributed by atoms with Gasteiger partial charge < -0.3 is 20.3 Å². The molecule has 3 rings (SSSR count). The molecular formula is C19H21Cl2N3O2. The molecule has 2 aromatic carbocycles. The molecule has 1 aliphatic heterocycles. The molecule has 0 unspecified atom stereocenters. The average molecular weight is 394 g/mol. The molecule has 7 heteroatoms. The zero-order valence-corrected chi connectivity index (χ0v) is 15.8. The SMILES string of the molecule is O=C(CCNc1cc(Cl)cc(Cl)c1)Nc1ccccc1N1CCOCC1. The maximum atomic E-state index is 12.3. The van der Waals surface area contributed by atoms with Gasteiger partial charge in [0.2, 0.25) is 5.91 Å². The maximum absolute atomic E-state index is 12.3. The van der Waals surface area contributed by atoms with Crippen LogP contribution in [0.3, 0.4) is 0 Å². The van der Waals surface area contributed by atoms with Crippen molar-refractivity contribution in [2.75, 3.05) is 48.4 Å². The van der Waals surface area contributed by atoms with E-state index in [9.17, 15) is 4.79 Å². The fraction of sp³-hybridized carbons (Fsp3) is 0.316. The number of nitrogens with zero attached hydrogens (tertiary/aromatic N) is 1. The minimum atomic E-state index is -0.0497. The van der Waals surface area contributed by atoms with E-state index in [1.54, 1.807) is 18.2 Å². The molecule has 0 aromatic heterocycles. The predicted molar refractivity (Wildman–Crippen MR) is 108 cm³/mol. The molecule has 0 radical (unpaired) electrons. The zero-order chi connectivity index (χ0) is 18.4. The summed E-state index contributed by atoms with van der Waals surface area (Å²) >= 11 is 11.9. The summed E-state index contributed by atoms with van der Waals surface area (Å²) in [7, 11) is 0. The van der Waals surface area contributed by atoms with Gasteiger partial charge in [0.25, 0.3) is 0 Å². The zero-order valence-electron chi connectivity index (χ0n) is 14.3. The number of nitrogens with one attached hydrogen (secondary N) is 2. The van der Waals surface area contributed by atoms with Gasteiger partial charge in [0, 0.05) is 41.8 Å². The molecule has 1 heterocycles. The van der Waals surface area contributed by atoms with Crippen LogP contribution in [0.4, 0.5) is 17.1 Å².